The molecule has 176 valence electrons. The largest absolute Gasteiger partial charge is 0.460 e. The van der Waals surface area contributed by atoms with Crippen LogP contribution in [0.15, 0.2) is 48.5 Å². The number of rotatable bonds is 8. The minimum Gasteiger partial charge on any atom is -0.460 e. The van der Waals surface area contributed by atoms with Crippen LogP contribution in [0.4, 0.5) is 23.7 Å². The lowest BCUT2D eigenvalue weighted by Crippen LogP contribution is -2.27. The third-order valence-electron chi connectivity index (χ3n) is 4.49. The summed E-state index contributed by atoms with van der Waals surface area (Å²) < 4.78 is 51.1. The Balaban J connectivity index is 1.92. The first-order valence-corrected chi connectivity index (χ1v) is 10.1. The standard InChI is InChI=1S/C22H24F3N5O3/c1-4-32-13-14-33-20-27-19(15-5-7-16(8-6-15)22(23,24)25)30(28-20)18-11-9-17(10-12-18)26-21(31)29(2)3/h5-12H,4,13-14H2,1-3H3,(H,26,31). The van der Waals surface area contributed by atoms with Gasteiger partial charge in [0.25, 0.3) is 0 Å². The fourth-order valence-corrected chi connectivity index (χ4v) is 2.79. The molecule has 2 aromatic carbocycles. The maximum atomic E-state index is 13.0. The van der Waals surface area contributed by atoms with E-state index in [2.05, 4.69) is 15.4 Å². The van der Waals surface area contributed by atoms with Gasteiger partial charge in [0.15, 0.2) is 5.82 Å². The zero-order chi connectivity index (χ0) is 24.0. The predicted molar refractivity (Wildman–Crippen MR) is 116 cm³/mol. The van der Waals surface area contributed by atoms with Crippen LogP contribution < -0.4 is 10.1 Å². The van der Waals surface area contributed by atoms with Gasteiger partial charge in [-0.05, 0) is 43.3 Å². The molecule has 3 rings (SSSR count). The Kier molecular flexibility index (Phi) is 7.54. The molecule has 0 saturated heterocycles. The summed E-state index contributed by atoms with van der Waals surface area (Å²) in [7, 11) is 3.26. The van der Waals surface area contributed by atoms with Crippen molar-refractivity contribution in [3.8, 4) is 23.1 Å². The van der Waals surface area contributed by atoms with Gasteiger partial charge in [-0.1, -0.05) is 12.1 Å². The van der Waals surface area contributed by atoms with Crippen molar-refractivity contribution in [1.29, 1.82) is 0 Å². The van der Waals surface area contributed by atoms with Crippen LogP contribution in [0.2, 0.25) is 0 Å². The van der Waals surface area contributed by atoms with Crippen molar-refractivity contribution in [2.45, 2.75) is 13.1 Å². The number of hydrogen-bond donors (Lipinski definition) is 1. The van der Waals surface area contributed by atoms with Gasteiger partial charge in [-0.3, -0.25) is 0 Å². The molecule has 11 heteroatoms. The fraction of sp³-hybridized carbons (Fsp3) is 0.318. The summed E-state index contributed by atoms with van der Waals surface area (Å²) in [6.45, 7) is 2.97. The van der Waals surface area contributed by atoms with Gasteiger partial charge in [0.2, 0.25) is 0 Å². The molecule has 2 amide bonds. The van der Waals surface area contributed by atoms with Crippen LogP contribution in [0, 0.1) is 0 Å². The summed E-state index contributed by atoms with van der Waals surface area (Å²) in [6.07, 6.45) is -4.44. The van der Waals surface area contributed by atoms with E-state index in [9.17, 15) is 18.0 Å². The lowest BCUT2D eigenvalue weighted by molar-refractivity contribution is -0.137. The van der Waals surface area contributed by atoms with E-state index in [0.717, 1.165) is 12.1 Å². The van der Waals surface area contributed by atoms with Crippen molar-refractivity contribution in [3.05, 3.63) is 54.1 Å². The van der Waals surface area contributed by atoms with Gasteiger partial charge >= 0.3 is 18.2 Å². The Labute approximate surface area is 188 Å². The first-order chi connectivity index (χ1) is 15.7. The molecule has 0 aliphatic carbocycles. The minimum atomic E-state index is -4.44. The van der Waals surface area contributed by atoms with Gasteiger partial charge in [-0.15, -0.1) is 5.10 Å². The normalized spacial score (nSPS) is 11.3. The molecule has 0 saturated carbocycles. The second-order valence-electron chi connectivity index (χ2n) is 7.12. The predicted octanol–water partition coefficient (Wildman–Crippen LogP) is 4.46. The van der Waals surface area contributed by atoms with E-state index in [-0.39, 0.29) is 18.6 Å². The number of anilines is 1. The van der Waals surface area contributed by atoms with Crippen LogP contribution >= 0.6 is 0 Å². The molecule has 0 bridgehead atoms. The molecule has 0 atom stereocenters. The molecule has 1 heterocycles. The molecule has 0 fully saturated rings. The Hall–Kier alpha value is -3.60. The summed E-state index contributed by atoms with van der Waals surface area (Å²) in [5.74, 6) is 0.306. The molecule has 8 nitrogen and oxygen atoms in total. The second-order valence-corrected chi connectivity index (χ2v) is 7.12. The molecule has 0 spiro atoms. The fourth-order valence-electron chi connectivity index (χ4n) is 2.79. The number of carbonyl (C=O) groups is 1. The molecule has 3 aromatic rings. The number of amides is 2. The minimum absolute atomic E-state index is 0.0644. The highest BCUT2D eigenvalue weighted by molar-refractivity contribution is 5.89. The average Bonchev–Trinajstić information content (AvgIpc) is 3.21. The van der Waals surface area contributed by atoms with E-state index in [1.54, 1.807) is 38.4 Å². The van der Waals surface area contributed by atoms with Crippen LogP contribution in [-0.2, 0) is 10.9 Å². The Morgan fingerprint density at radius 1 is 1.06 bits per heavy atom. The summed E-state index contributed by atoms with van der Waals surface area (Å²) in [4.78, 5) is 17.6. The number of aromatic nitrogens is 3. The number of nitrogens with zero attached hydrogens (tertiary/aromatic N) is 4. The zero-order valence-electron chi connectivity index (χ0n) is 18.4. The second kappa shape index (κ2) is 10.3. The first-order valence-electron chi connectivity index (χ1n) is 10.1. The van der Waals surface area contributed by atoms with Crippen LogP contribution in [0.25, 0.3) is 17.1 Å². The smallest absolute Gasteiger partial charge is 0.416 e. The van der Waals surface area contributed by atoms with Crippen molar-refractivity contribution >= 4 is 11.7 Å². The van der Waals surface area contributed by atoms with Crippen molar-refractivity contribution in [2.75, 3.05) is 39.2 Å². The highest BCUT2D eigenvalue weighted by Crippen LogP contribution is 2.31. The number of benzene rings is 2. The summed E-state index contributed by atoms with van der Waals surface area (Å²) in [5.41, 5.74) is 0.827. The number of ether oxygens (including phenoxy) is 2. The topological polar surface area (TPSA) is 81.5 Å². The quantitative estimate of drug-likeness (QED) is 0.499. The van der Waals surface area contributed by atoms with Crippen molar-refractivity contribution in [3.63, 3.8) is 0 Å². The van der Waals surface area contributed by atoms with Gasteiger partial charge < -0.3 is 19.7 Å². The van der Waals surface area contributed by atoms with Gasteiger partial charge in [0, 0.05) is 32.0 Å². The van der Waals surface area contributed by atoms with Gasteiger partial charge in [0.05, 0.1) is 17.9 Å². The monoisotopic (exact) mass is 463 g/mol. The molecule has 0 radical (unpaired) electrons. The van der Waals surface area contributed by atoms with E-state index < -0.39 is 11.7 Å². The average molecular weight is 463 g/mol. The van der Waals surface area contributed by atoms with E-state index in [4.69, 9.17) is 9.47 Å². The molecule has 0 unspecified atom stereocenters. The number of halogens is 3. The summed E-state index contributed by atoms with van der Waals surface area (Å²) in [6, 6.07) is 11.2. The highest BCUT2D eigenvalue weighted by Gasteiger charge is 2.30. The number of urea groups is 1. The summed E-state index contributed by atoms with van der Waals surface area (Å²) >= 11 is 0. The number of alkyl halides is 3. The molecular weight excluding hydrogens is 439 g/mol. The Bertz CT molecular complexity index is 1060. The van der Waals surface area contributed by atoms with Gasteiger partial charge in [0.1, 0.15) is 6.61 Å². The third kappa shape index (κ3) is 6.22. The first kappa shape index (κ1) is 24.1. The lowest BCUT2D eigenvalue weighted by Gasteiger charge is -2.12. The van der Waals surface area contributed by atoms with Crippen molar-refractivity contribution in [1.82, 2.24) is 19.7 Å². The molecule has 1 aromatic heterocycles. The van der Waals surface area contributed by atoms with Crippen LogP contribution in [0.3, 0.4) is 0 Å². The molecule has 33 heavy (non-hydrogen) atoms. The SMILES string of the molecule is CCOCCOc1nc(-c2ccc(C(F)(F)F)cc2)n(-c2ccc(NC(=O)N(C)C)cc2)n1. The number of nitrogens with one attached hydrogen (secondary N) is 1. The van der Waals surface area contributed by atoms with Crippen LogP contribution in [0.5, 0.6) is 6.01 Å². The molecule has 0 aliphatic rings. The number of carbonyl (C=O) groups excluding carboxylic acids is 1. The maximum absolute atomic E-state index is 13.0. The maximum Gasteiger partial charge on any atom is 0.416 e. The van der Waals surface area contributed by atoms with Crippen LogP contribution in [0.1, 0.15) is 12.5 Å². The van der Waals surface area contributed by atoms with Gasteiger partial charge in [-0.2, -0.15) is 18.2 Å². The van der Waals surface area contributed by atoms with Crippen LogP contribution in [-0.4, -0.2) is 59.6 Å². The van der Waals surface area contributed by atoms with Crippen molar-refractivity contribution in [2.24, 2.45) is 0 Å². The van der Waals surface area contributed by atoms with Gasteiger partial charge in [-0.25, -0.2) is 9.48 Å². The highest BCUT2D eigenvalue weighted by atomic mass is 19.4. The zero-order valence-corrected chi connectivity index (χ0v) is 18.4. The summed E-state index contributed by atoms with van der Waals surface area (Å²) in [5, 5.41) is 7.08. The van der Waals surface area contributed by atoms with E-state index in [0.29, 0.717) is 36.0 Å². The van der Waals surface area contributed by atoms with Crippen molar-refractivity contribution < 1.29 is 27.4 Å². The third-order valence-corrected chi connectivity index (χ3v) is 4.49. The Morgan fingerprint density at radius 2 is 1.73 bits per heavy atom. The lowest BCUT2D eigenvalue weighted by atomic mass is 10.1. The van der Waals surface area contributed by atoms with E-state index in [1.165, 1.54) is 21.7 Å². The Morgan fingerprint density at radius 3 is 2.30 bits per heavy atom. The number of hydrogen-bond acceptors (Lipinski definition) is 5. The molecular formula is C22H24F3N5O3. The van der Waals surface area contributed by atoms with E-state index >= 15 is 0 Å². The molecule has 1 N–H and O–H groups in total. The molecule has 0 aliphatic heterocycles. The van der Waals surface area contributed by atoms with E-state index in [1.807, 2.05) is 6.92 Å².